The number of benzene rings is 2. The van der Waals surface area contributed by atoms with Crippen molar-refractivity contribution in [2.45, 2.75) is 6.54 Å². The van der Waals surface area contributed by atoms with E-state index in [9.17, 15) is 4.39 Å². The van der Waals surface area contributed by atoms with Crippen molar-refractivity contribution in [1.29, 1.82) is 0 Å². The fourth-order valence-corrected chi connectivity index (χ4v) is 2.43. The molecule has 0 atom stereocenters. The van der Waals surface area contributed by atoms with Gasteiger partial charge in [-0.2, -0.15) is 0 Å². The van der Waals surface area contributed by atoms with Gasteiger partial charge in [-0.05, 0) is 41.5 Å². The summed E-state index contributed by atoms with van der Waals surface area (Å²) in [4.78, 5) is 0. The van der Waals surface area contributed by atoms with Crippen LogP contribution >= 0.6 is 11.6 Å². The third-order valence-electron chi connectivity index (χ3n) is 3.09. The Kier molecular flexibility index (Phi) is 3.01. The summed E-state index contributed by atoms with van der Waals surface area (Å²) < 4.78 is 19.1. The molecule has 2 aromatic carbocycles. The molecule has 0 aliphatic heterocycles. The second kappa shape index (κ2) is 4.68. The highest BCUT2D eigenvalue weighted by Gasteiger charge is 2.12. The second-order valence-electron chi connectivity index (χ2n) is 4.30. The van der Waals surface area contributed by atoms with Crippen LogP contribution in [0.15, 0.2) is 47.1 Å². The first-order chi connectivity index (χ1) is 9.19. The monoisotopic (exact) mass is 275 g/mol. The maximum atomic E-state index is 13.7. The number of furan rings is 1. The van der Waals surface area contributed by atoms with E-state index in [1.165, 1.54) is 12.1 Å². The van der Waals surface area contributed by atoms with Gasteiger partial charge in [0.1, 0.15) is 11.4 Å². The normalized spacial score (nSPS) is 11.1. The zero-order valence-corrected chi connectivity index (χ0v) is 10.7. The summed E-state index contributed by atoms with van der Waals surface area (Å²) in [6.07, 6.45) is 1.55. The molecule has 2 N–H and O–H groups in total. The van der Waals surface area contributed by atoms with Gasteiger partial charge in [0.05, 0.1) is 6.26 Å². The van der Waals surface area contributed by atoms with Gasteiger partial charge in [-0.15, -0.1) is 0 Å². The average Bonchev–Trinajstić information content (AvgIpc) is 2.85. The standard InChI is InChI=1S/C15H11ClFNO/c16-11-1-2-13(10(5-11)8-18)14-7-12(17)6-9-3-4-19-15(9)14/h1-7H,8,18H2. The van der Waals surface area contributed by atoms with Crippen molar-refractivity contribution < 1.29 is 8.81 Å². The molecule has 0 spiro atoms. The molecule has 0 fully saturated rings. The highest BCUT2D eigenvalue weighted by Crippen LogP contribution is 2.33. The molecule has 96 valence electrons. The number of rotatable bonds is 2. The fourth-order valence-electron chi connectivity index (χ4n) is 2.24. The summed E-state index contributed by atoms with van der Waals surface area (Å²) in [6, 6.07) is 10.0. The third kappa shape index (κ3) is 2.11. The molecular weight excluding hydrogens is 265 g/mol. The number of nitrogens with two attached hydrogens (primary N) is 1. The highest BCUT2D eigenvalue weighted by atomic mass is 35.5. The minimum atomic E-state index is -0.304. The van der Waals surface area contributed by atoms with E-state index in [-0.39, 0.29) is 5.82 Å². The molecule has 0 saturated carbocycles. The Morgan fingerprint density at radius 3 is 2.74 bits per heavy atom. The van der Waals surface area contributed by atoms with Crippen LogP contribution in [-0.2, 0) is 6.54 Å². The second-order valence-corrected chi connectivity index (χ2v) is 4.73. The van der Waals surface area contributed by atoms with Crippen molar-refractivity contribution in [3.8, 4) is 11.1 Å². The maximum Gasteiger partial charge on any atom is 0.141 e. The van der Waals surface area contributed by atoms with E-state index in [1.54, 1.807) is 24.5 Å². The van der Waals surface area contributed by atoms with Gasteiger partial charge in [-0.3, -0.25) is 0 Å². The molecule has 2 nitrogen and oxygen atoms in total. The van der Waals surface area contributed by atoms with Crippen molar-refractivity contribution in [3.05, 3.63) is 59.1 Å². The van der Waals surface area contributed by atoms with Crippen LogP contribution in [0.1, 0.15) is 5.56 Å². The van der Waals surface area contributed by atoms with Crippen molar-refractivity contribution in [2.24, 2.45) is 5.73 Å². The topological polar surface area (TPSA) is 39.2 Å². The molecule has 1 aromatic heterocycles. The Bertz CT molecular complexity index is 751. The van der Waals surface area contributed by atoms with Crippen LogP contribution in [0.2, 0.25) is 5.02 Å². The van der Waals surface area contributed by atoms with E-state index in [0.717, 1.165) is 16.5 Å². The van der Waals surface area contributed by atoms with Gasteiger partial charge in [-0.25, -0.2) is 4.39 Å². The van der Waals surface area contributed by atoms with Gasteiger partial charge < -0.3 is 10.2 Å². The Balaban J connectivity index is 2.32. The van der Waals surface area contributed by atoms with Gasteiger partial charge in [0, 0.05) is 22.5 Å². The fraction of sp³-hybridized carbons (Fsp3) is 0.0667. The molecule has 19 heavy (non-hydrogen) atoms. The summed E-state index contributed by atoms with van der Waals surface area (Å²) in [7, 11) is 0. The molecule has 4 heteroatoms. The summed E-state index contributed by atoms with van der Waals surface area (Å²) in [6.45, 7) is 0.328. The molecule has 1 heterocycles. The summed E-state index contributed by atoms with van der Waals surface area (Å²) in [5.41, 5.74) is 8.77. The van der Waals surface area contributed by atoms with E-state index in [0.29, 0.717) is 22.7 Å². The van der Waals surface area contributed by atoms with Gasteiger partial charge >= 0.3 is 0 Å². The molecule has 0 aliphatic carbocycles. The van der Waals surface area contributed by atoms with Crippen LogP contribution in [-0.4, -0.2) is 0 Å². The molecule has 0 unspecified atom stereocenters. The lowest BCUT2D eigenvalue weighted by Crippen LogP contribution is -1.99. The van der Waals surface area contributed by atoms with Gasteiger partial charge in [0.2, 0.25) is 0 Å². The summed E-state index contributed by atoms with van der Waals surface area (Å²) in [5.74, 6) is -0.304. The first-order valence-corrected chi connectivity index (χ1v) is 6.22. The van der Waals surface area contributed by atoms with Crippen molar-refractivity contribution in [3.63, 3.8) is 0 Å². The van der Waals surface area contributed by atoms with Crippen LogP contribution in [0.4, 0.5) is 4.39 Å². The zero-order valence-electron chi connectivity index (χ0n) is 9.99. The minimum Gasteiger partial charge on any atom is -0.464 e. The first kappa shape index (κ1) is 12.2. The first-order valence-electron chi connectivity index (χ1n) is 5.84. The van der Waals surface area contributed by atoms with Gasteiger partial charge in [0.25, 0.3) is 0 Å². The molecule has 0 saturated heterocycles. The molecule has 0 radical (unpaired) electrons. The maximum absolute atomic E-state index is 13.7. The van der Waals surface area contributed by atoms with Crippen LogP contribution < -0.4 is 5.73 Å². The average molecular weight is 276 g/mol. The van der Waals surface area contributed by atoms with Crippen molar-refractivity contribution in [2.75, 3.05) is 0 Å². The molecule has 0 aliphatic rings. The van der Waals surface area contributed by atoms with Crippen LogP contribution in [0.5, 0.6) is 0 Å². The summed E-state index contributed by atoms with van der Waals surface area (Å²) in [5, 5.41) is 1.34. The van der Waals surface area contributed by atoms with Gasteiger partial charge in [-0.1, -0.05) is 17.7 Å². The zero-order chi connectivity index (χ0) is 13.4. The van der Waals surface area contributed by atoms with E-state index in [2.05, 4.69) is 0 Å². The number of halogens is 2. The minimum absolute atomic E-state index is 0.304. The molecule has 0 bridgehead atoms. The Labute approximate surface area is 114 Å². The smallest absolute Gasteiger partial charge is 0.141 e. The largest absolute Gasteiger partial charge is 0.464 e. The van der Waals surface area contributed by atoms with Crippen molar-refractivity contribution >= 4 is 22.6 Å². The predicted octanol–water partition coefficient (Wildman–Crippen LogP) is 4.35. The quantitative estimate of drug-likeness (QED) is 0.755. The number of hydrogen-bond acceptors (Lipinski definition) is 2. The SMILES string of the molecule is NCc1cc(Cl)ccc1-c1cc(F)cc2ccoc12. The van der Waals surface area contributed by atoms with E-state index in [1.807, 2.05) is 6.07 Å². The van der Waals surface area contributed by atoms with Crippen molar-refractivity contribution in [1.82, 2.24) is 0 Å². The highest BCUT2D eigenvalue weighted by molar-refractivity contribution is 6.30. The lowest BCUT2D eigenvalue weighted by molar-refractivity contribution is 0.611. The Morgan fingerprint density at radius 1 is 1.11 bits per heavy atom. The molecular formula is C15H11ClFNO. The lowest BCUT2D eigenvalue weighted by atomic mass is 9.98. The number of fused-ring (bicyclic) bond motifs is 1. The molecule has 0 amide bonds. The predicted molar refractivity (Wildman–Crippen MR) is 74.5 cm³/mol. The Hall–Kier alpha value is -1.84. The Morgan fingerprint density at radius 2 is 1.95 bits per heavy atom. The van der Waals surface area contributed by atoms with E-state index in [4.69, 9.17) is 21.8 Å². The van der Waals surface area contributed by atoms with Crippen LogP contribution in [0.25, 0.3) is 22.1 Å². The molecule has 3 aromatic rings. The van der Waals surface area contributed by atoms with Crippen LogP contribution in [0, 0.1) is 5.82 Å². The van der Waals surface area contributed by atoms with E-state index >= 15 is 0 Å². The number of hydrogen-bond donors (Lipinski definition) is 1. The van der Waals surface area contributed by atoms with Gasteiger partial charge in [0.15, 0.2) is 0 Å². The van der Waals surface area contributed by atoms with E-state index < -0.39 is 0 Å². The summed E-state index contributed by atoms with van der Waals surface area (Å²) >= 11 is 5.96. The third-order valence-corrected chi connectivity index (χ3v) is 3.33. The lowest BCUT2D eigenvalue weighted by Gasteiger charge is -2.09. The molecule has 3 rings (SSSR count). The van der Waals surface area contributed by atoms with Crippen LogP contribution in [0.3, 0.4) is 0 Å².